The van der Waals surface area contributed by atoms with E-state index in [4.69, 9.17) is 42.6 Å². The molecule has 7 rings (SSSR count). The lowest BCUT2D eigenvalue weighted by Crippen LogP contribution is -2.58. The van der Waals surface area contributed by atoms with Crippen molar-refractivity contribution in [3.8, 4) is 0 Å². The summed E-state index contributed by atoms with van der Waals surface area (Å²) in [6.45, 7) is 30.9. The number of hydrogen-bond donors (Lipinski definition) is 0. The van der Waals surface area contributed by atoms with Crippen molar-refractivity contribution in [1.82, 2.24) is 0 Å². The van der Waals surface area contributed by atoms with Crippen LogP contribution in [0.2, 0.25) is 0 Å². The smallest absolute Gasteiger partial charge is 0.344 e. The molecule has 7 aliphatic carbocycles. The van der Waals surface area contributed by atoms with E-state index in [1.54, 1.807) is 0 Å². The highest BCUT2D eigenvalue weighted by atomic mass is 16.6. The maximum absolute atomic E-state index is 12.3. The van der Waals surface area contributed by atoms with Crippen molar-refractivity contribution in [2.75, 3.05) is 39.6 Å². The van der Waals surface area contributed by atoms with Gasteiger partial charge < -0.3 is 42.6 Å². The number of rotatable bonds is 27. The average Bonchev–Trinajstić information content (AvgIpc) is 3.06. The molecular weight excluding hydrogens is 1080 g/mol. The van der Waals surface area contributed by atoms with Crippen LogP contribution in [0.15, 0.2) is 0 Å². The molecule has 7 fully saturated rings. The second-order valence-corrected chi connectivity index (χ2v) is 28.0. The summed E-state index contributed by atoms with van der Waals surface area (Å²) < 4.78 is 48.5. The molecule has 0 saturated heterocycles. The van der Waals surface area contributed by atoms with E-state index in [0.29, 0.717) is 24.7 Å². The fourth-order valence-electron chi connectivity index (χ4n) is 12.1. The second-order valence-electron chi connectivity index (χ2n) is 28.0. The Balaban J connectivity index is 0.000000297. The zero-order chi connectivity index (χ0) is 63.2. The third-order valence-corrected chi connectivity index (χ3v) is 19.9. The Hall–Kier alpha value is -4.28. The normalized spacial score (nSPS) is 23.4. The molecule has 4 bridgehead atoms. The molecule has 0 amide bonds. The Morgan fingerprint density at radius 1 is 0.381 bits per heavy atom. The first-order valence-electron chi connectivity index (χ1n) is 32.4. The van der Waals surface area contributed by atoms with E-state index in [2.05, 4.69) is 13.8 Å². The summed E-state index contributed by atoms with van der Waals surface area (Å²) in [7, 11) is 0. The highest BCUT2D eigenvalue weighted by molar-refractivity contribution is 5.80. The van der Waals surface area contributed by atoms with Crippen molar-refractivity contribution in [3.63, 3.8) is 0 Å². The van der Waals surface area contributed by atoms with Crippen molar-refractivity contribution in [2.24, 2.45) is 45.3 Å². The Labute approximate surface area is 505 Å². The van der Waals surface area contributed by atoms with Gasteiger partial charge in [0.15, 0.2) is 6.61 Å². The van der Waals surface area contributed by atoms with Crippen molar-refractivity contribution in [3.05, 3.63) is 0 Å². The van der Waals surface area contributed by atoms with E-state index in [1.807, 2.05) is 96.9 Å². The summed E-state index contributed by atoms with van der Waals surface area (Å²) in [4.78, 5) is 94.7. The lowest BCUT2D eigenvalue weighted by Gasteiger charge is -2.59. The lowest BCUT2D eigenvalue weighted by molar-refractivity contribution is -0.207. The molecule has 0 radical (unpaired) electrons. The zero-order valence-corrected chi connectivity index (χ0v) is 55.2. The zero-order valence-electron chi connectivity index (χ0n) is 55.2. The number of carbonyl (C=O) groups excluding carboxylic acids is 8. The van der Waals surface area contributed by atoms with E-state index in [-0.39, 0.29) is 117 Å². The monoisotopic (exact) mass is 1190 g/mol. The van der Waals surface area contributed by atoms with Crippen LogP contribution in [0.3, 0.4) is 0 Å². The molecule has 0 aromatic rings. The van der Waals surface area contributed by atoms with Gasteiger partial charge in [0.1, 0.15) is 48.8 Å². The average molecular weight is 1190 g/mol. The van der Waals surface area contributed by atoms with Crippen LogP contribution in [-0.4, -0.2) is 110 Å². The summed E-state index contributed by atoms with van der Waals surface area (Å²) in [6, 6.07) is 0. The second kappa shape index (κ2) is 33.2. The molecule has 84 heavy (non-hydrogen) atoms. The summed E-state index contributed by atoms with van der Waals surface area (Å²) >= 11 is 0. The van der Waals surface area contributed by atoms with Gasteiger partial charge in [-0.05, 0) is 241 Å². The van der Waals surface area contributed by atoms with Gasteiger partial charge in [-0.15, -0.1) is 0 Å². The molecule has 7 aliphatic rings. The Kier molecular flexibility index (Phi) is 29.2. The van der Waals surface area contributed by atoms with Crippen LogP contribution in [-0.2, 0) is 81.0 Å². The molecule has 0 N–H and O–H groups in total. The summed E-state index contributed by atoms with van der Waals surface area (Å²) in [5.74, 6) is 0.404. The minimum Gasteiger partial charge on any atom is -0.465 e. The molecule has 0 atom stereocenters. The number of ether oxygens (including phenoxy) is 9. The first-order valence-corrected chi connectivity index (χ1v) is 32.4. The van der Waals surface area contributed by atoms with Gasteiger partial charge in [0.25, 0.3) is 0 Å². The van der Waals surface area contributed by atoms with Crippen LogP contribution in [0.25, 0.3) is 0 Å². The van der Waals surface area contributed by atoms with E-state index < -0.39 is 27.6 Å². The van der Waals surface area contributed by atoms with Gasteiger partial charge in [-0.25, -0.2) is 9.59 Å². The molecule has 17 nitrogen and oxygen atoms in total. The van der Waals surface area contributed by atoms with Gasteiger partial charge in [0, 0.05) is 0 Å². The van der Waals surface area contributed by atoms with Crippen LogP contribution >= 0.6 is 0 Å². The largest absolute Gasteiger partial charge is 0.465 e. The van der Waals surface area contributed by atoms with E-state index in [9.17, 15) is 38.4 Å². The Morgan fingerprint density at radius 2 is 0.714 bits per heavy atom. The molecule has 17 heteroatoms. The Bertz CT molecular complexity index is 2090. The topological polar surface area (TPSA) is 220 Å². The van der Waals surface area contributed by atoms with Crippen LogP contribution in [0.4, 0.5) is 0 Å². The third-order valence-electron chi connectivity index (χ3n) is 19.9. The minimum atomic E-state index is -0.546. The quantitative estimate of drug-likeness (QED) is 0.0424. The third kappa shape index (κ3) is 22.8. The lowest BCUT2D eigenvalue weighted by atomic mass is 9.50. The fraction of sp³-hybridized carbons (Fsp3) is 0.881. The number of esters is 8. The summed E-state index contributed by atoms with van der Waals surface area (Å²) in [6.07, 6.45) is 23.3. The molecular formula is C67H114O17. The Morgan fingerprint density at radius 3 is 1.10 bits per heavy atom. The van der Waals surface area contributed by atoms with Gasteiger partial charge >= 0.3 is 47.8 Å². The van der Waals surface area contributed by atoms with Crippen molar-refractivity contribution < 1.29 is 81.0 Å². The molecule has 7 saturated carbocycles. The van der Waals surface area contributed by atoms with Gasteiger partial charge in [0.2, 0.25) is 0 Å². The van der Waals surface area contributed by atoms with Crippen molar-refractivity contribution >= 4 is 47.8 Å². The van der Waals surface area contributed by atoms with Gasteiger partial charge in [-0.2, -0.15) is 0 Å². The van der Waals surface area contributed by atoms with Gasteiger partial charge in [-0.3, -0.25) is 28.8 Å². The van der Waals surface area contributed by atoms with E-state index in [1.165, 1.54) is 32.1 Å². The van der Waals surface area contributed by atoms with Crippen LogP contribution in [0.1, 0.15) is 271 Å². The maximum atomic E-state index is 12.3. The SMILES string of the molecule is CCC(C)(C)C(=O)OCCC(=O)OC1(C)CCCC1.CCC(C)(C)C(=O)OCCOCC(=O)OC1(C)C2CC3CC(C2)CC1C3.CCC1(OC(=O)CCOC(=O)C(C)(C)CC)CCCC1.CCC1(OC(=O)COC(=O)C(C)(C)CC)CCCC1. The van der Waals surface area contributed by atoms with E-state index >= 15 is 0 Å². The number of hydrogen-bond acceptors (Lipinski definition) is 17. The predicted molar refractivity (Wildman–Crippen MR) is 320 cm³/mol. The van der Waals surface area contributed by atoms with Crippen LogP contribution < -0.4 is 0 Å². The minimum absolute atomic E-state index is 0.0728. The first-order chi connectivity index (χ1) is 39.2. The van der Waals surface area contributed by atoms with Crippen LogP contribution in [0, 0.1) is 45.3 Å². The molecule has 484 valence electrons. The van der Waals surface area contributed by atoms with Crippen molar-refractivity contribution in [2.45, 2.75) is 294 Å². The van der Waals surface area contributed by atoms with Crippen molar-refractivity contribution in [1.29, 1.82) is 0 Å². The van der Waals surface area contributed by atoms with Gasteiger partial charge in [0.05, 0.1) is 41.1 Å². The molecule has 0 spiro atoms. The molecule has 0 aromatic heterocycles. The van der Waals surface area contributed by atoms with Gasteiger partial charge in [-0.1, -0.05) is 41.5 Å². The molecule has 0 aliphatic heterocycles. The number of carbonyl (C=O) groups is 8. The van der Waals surface area contributed by atoms with Crippen LogP contribution in [0.5, 0.6) is 0 Å². The molecule has 0 aromatic carbocycles. The maximum Gasteiger partial charge on any atom is 0.344 e. The fourth-order valence-corrected chi connectivity index (χ4v) is 12.1. The highest BCUT2D eigenvalue weighted by Gasteiger charge is 2.57. The van der Waals surface area contributed by atoms with E-state index in [0.717, 1.165) is 115 Å². The first kappa shape index (κ1) is 74.0. The summed E-state index contributed by atoms with van der Waals surface area (Å²) in [5, 5.41) is 0. The summed E-state index contributed by atoms with van der Waals surface area (Å²) in [5.41, 5.74) is -3.19. The highest BCUT2D eigenvalue weighted by Crippen LogP contribution is 2.59. The molecule has 0 heterocycles. The predicted octanol–water partition coefficient (Wildman–Crippen LogP) is 13.8. The standard InChI is InChI=1S/C21H34O5.C16H28O4.2C15H26O4/c1-5-20(2,3)19(23)25-7-6-24-13-18(22)26-21(4)16-9-14-8-15(11-16)12-17(21)10-14;1-5-15(3,4)14(18)19-12-9-13(17)20-16(6-2)10-7-8-11-16;1-5-14(2,3)13(17)18-11-8-12(16)19-15(4)9-6-7-10-15;1-5-14(3,4)13(17)18-11-12(16)19-15(6-2)9-7-8-10-15/h14-17H,5-13H2,1-4H3;5-12H2,1-4H3;2*5-11H2,1-4H3. The molecule has 0 unspecified atom stereocenters.